The number of carbonyl (C=O) groups is 2. The summed E-state index contributed by atoms with van der Waals surface area (Å²) in [4.78, 5) is 23.4. The van der Waals surface area contributed by atoms with Gasteiger partial charge in [-0.25, -0.2) is 0 Å². The number of aryl methyl sites for hydroxylation is 1. The maximum absolute atomic E-state index is 11.4. The highest BCUT2D eigenvalue weighted by Gasteiger charge is 2.18. The van der Waals surface area contributed by atoms with Crippen molar-refractivity contribution in [2.45, 2.75) is 19.4 Å². The van der Waals surface area contributed by atoms with Crippen LogP contribution < -0.4 is 5.73 Å². The largest absolute Gasteiger partial charge is 0.480 e. The maximum Gasteiger partial charge on any atom is 0.320 e. The monoisotopic (exact) mass is 213 g/mol. The highest BCUT2D eigenvalue weighted by Crippen LogP contribution is 2.17. The first kappa shape index (κ1) is 10.9. The van der Waals surface area contributed by atoms with Crippen LogP contribution in [-0.2, 0) is 4.79 Å². The zero-order valence-electron chi connectivity index (χ0n) is 7.69. The molecule has 0 aliphatic rings. The van der Waals surface area contributed by atoms with E-state index in [9.17, 15) is 9.59 Å². The minimum atomic E-state index is -1.15. The molecule has 14 heavy (non-hydrogen) atoms. The maximum atomic E-state index is 11.4. The van der Waals surface area contributed by atoms with Crippen LogP contribution >= 0.6 is 11.3 Å². The van der Waals surface area contributed by atoms with Crippen molar-refractivity contribution in [3.05, 3.63) is 21.9 Å². The van der Waals surface area contributed by atoms with Crippen LogP contribution in [0.2, 0.25) is 0 Å². The summed E-state index contributed by atoms with van der Waals surface area (Å²) in [5.41, 5.74) is 5.25. The van der Waals surface area contributed by atoms with Crippen LogP contribution in [0.5, 0.6) is 0 Å². The van der Waals surface area contributed by atoms with E-state index in [0.29, 0.717) is 4.88 Å². The van der Waals surface area contributed by atoms with Crippen molar-refractivity contribution in [2.75, 3.05) is 0 Å². The molecule has 1 atom stereocenters. The lowest BCUT2D eigenvalue weighted by Gasteiger charge is -2.02. The third-order valence-electron chi connectivity index (χ3n) is 1.74. The molecular weight excluding hydrogens is 202 g/mol. The predicted octanol–water partition coefficient (Wildman–Crippen LogP) is 1.04. The van der Waals surface area contributed by atoms with E-state index in [-0.39, 0.29) is 12.2 Å². The van der Waals surface area contributed by atoms with Crippen LogP contribution in [0.15, 0.2) is 12.1 Å². The van der Waals surface area contributed by atoms with Crippen molar-refractivity contribution < 1.29 is 14.7 Å². The fourth-order valence-corrected chi connectivity index (χ4v) is 1.79. The number of Topliss-reactive ketones (excluding diaryl/α,β-unsaturated/α-hetero) is 1. The van der Waals surface area contributed by atoms with E-state index in [0.717, 1.165) is 4.88 Å². The van der Waals surface area contributed by atoms with Crippen molar-refractivity contribution in [3.63, 3.8) is 0 Å². The van der Waals surface area contributed by atoms with Gasteiger partial charge in [-0.3, -0.25) is 9.59 Å². The van der Waals surface area contributed by atoms with Gasteiger partial charge in [0.05, 0.1) is 4.88 Å². The van der Waals surface area contributed by atoms with Gasteiger partial charge in [0.25, 0.3) is 0 Å². The Labute approximate surface area is 85.4 Å². The molecule has 0 aromatic carbocycles. The summed E-state index contributed by atoms with van der Waals surface area (Å²) in [6.07, 6.45) is -0.144. The molecule has 76 valence electrons. The zero-order chi connectivity index (χ0) is 10.7. The van der Waals surface area contributed by atoms with Gasteiger partial charge in [-0.05, 0) is 19.1 Å². The van der Waals surface area contributed by atoms with E-state index in [1.54, 1.807) is 6.07 Å². The number of aliphatic carboxylic acids is 1. The number of carboxylic acids is 1. The van der Waals surface area contributed by atoms with Gasteiger partial charge >= 0.3 is 5.97 Å². The van der Waals surface area contributed by atoms with Crippen LogP contribution in [-0.4, -0.2) is 22.9 Å². The van der Waals surface area contributed by atoms with E-state index in [1.165, 1.54) is 11.3 Å². The summed E-state index contributed by atoms with van der Waals surface area (Å²) >= 11 is 1.35. The average molecular weight is 213 g/mol. The SMILES string of the molecule is Cc1ccc(C(=O)C[C@@H](N)C(=O)O)s1. The summed E-state index contributed by atoms with van der Waals surface area (Å²) in [6, 6.07) is 2.41. The fourth-order valence-electron chi connectivity index (χ4n) is 0.972. The molecule has 0 spiro atoms. The summed E-state index contributed by atoms with van der Waals surface area (Å²) in [6.45, 7) is 1.89. The molecule has 0 aliphatic heterocycles. The third kappa shape index (κ3) is 2.65. The van der Waals surface area contributed by atoms with Gasteiger partial charge in [0.1, 0.15) is 6.04 Å². The Balaban J connectivity index is 2.63. The summed E-state index contributed by atoms with van der Waals surface area (Å²) < 4.78 is 0. The second-order valence-electron chi connectivity index (χ2n) is 2.98. The van der Waals surface area contributed by atoms with Gasteiger partial charge in [-0.1, -0.05) is 0 Å². The molecule has 5 heteroatoms. The quantitative estimate of drug-likeness (QED) is 0.732. The summed E-state index contributed by atoms with van der Waals surface area (Å²) in [5, 5.41) is 8.51. The molecular formula is C9H11NO3S. The average Bonchev–Trinajstić information content (AvgIpc) is 2.51. The Kier molecular flexibility index (Phi) is 3.38. The van der Waals surface area contributed by atoms with E-state index in [4.69, 9.17) is 10.8 Å². The molecule has 0 bridgehead atoms. The van der Waals surface area contributed by atoms with Crippen molar-refractivity contribution in [3.8, 4) is 0 Å². The van der Waals surface area contributed by atoms with Gasteiger partial charge in [0, 0.05) is 11.3 Å². The summed E-state index contributed by atoms with van der Waals surface area (Å²) in [7, 11) is 0. The lowest BCUT2D eigenvalue weighted by Crippen LogP contribution is -2.32. The number of hydrogen-bond acceptors (Lipinski definition) is 4. The Hall–Kier alpha value is -1.20. The van der Waals surface area contributed by atoms with Crippen LogP contribution in [0.4, 0.5) is 0 Å². The van der Waals surface area contributed by atoms with Gasteiger partial charge < -0.3 is 10.8 Å². The molecule has 1 rings (SSSR count). The molecule has 1 aromatic heterocycles. The second kappa shape index (κ2) is 4.34. The normalized spacial score (nSPS) is 12.4. The topological polar surface area (TPSA) is 80.4 Å². The lowest BCUT2D eigenvalue weighted by molar-refractivity contribution is -0.138. The van der Waals surface area contributed by atoms with Gasteiger partial charge in [-0.2, -0.15) is 0 Å². The zero-order valence-corrected chi connectivity index (χ0v) is 8.50. The van der Waals surface area contributed by atoms with Crippen molar-refractivity contribution in [1.82, 2.24) is 0 Å². The minimum absolute atomic E-state index is 0.144. The first-order chi connectivity index (χ1) is 6.50. The number of nitrogens with two attached hydrogens (primary N) is 1. The standard InChI is InChI=1S/C9H11NO3S/c1-5-2-3-8(14-5)7(11)4-6(10)9(12)13/h2-3,6H,4,10H2,1H3,(H,12,13)/t6-/m1/s1. The van der Waals surface area contributed by atoms with Crippen LogP contribution in [0.25, 0.3) is 0 Å². The Bertz CT molecular complexity index is 359. The van der Waals surface area contributed by atoms with Gasteiger partial charge in [0.15, 0.2) is 5.78 Å². The molecule has 0 amide bonds. The molecule has 0 radical (unpaired) electrons. The lowest BCUT2D eigenvalue weighted by atomic mass is 10.1. The smallest absolute Gasteiger partial charge is 0.320 e. The van der Waals surface area contributed by atoms with Crippen LogP contribution in [0.1, 0.15) is 21.0 Å². The Morgan fingerprint density at radius 3 is 2.64 bits per heavy atom. The van der Waals surface area contributed by atoms with Crippen LogP contribution in [0.3, 0.4) is 0 Å². The molecule has 1 aromatic rings. The van der Waals surface area contributed by atoms with Crippen molar-refractivity contribution >= 4 is 23.1 Å². The summed E-state index contributed by atoms with van der Waals surface area (Å²) in [5.74, 6) is -1.36. The van der Waals surface area contributed by atoms with Crippen molar-refractivity contribution in [1.29, 1.82) is 0 Å². The van der Waals surface area contributed by atoms with E-state index >= 15 is 0 Å². The first-order valence-electron chi connectivity index (χ1n) is 4.08. The highest BCUT2D eigenvalue weighted by atomic mass is 32.1. The number of rotatable bonds is 4. The third-order valence-corrected chi connectivity index (χ3v) is 2.78. The molecule has 0 unspecified atom stereocenters. The molecule has 0 aliphatic carbocycles. The molecule has 4 nitrogen and oxygen atoms in total. The van der Waals surface area contributed by atoms with Gasteiger partial charge in [0.2, 0.25) is 0 Å². The number of ketones is 1. The minimum Gasteiger partial charge on any atom is -0.480 e. The first-order valence-corrected chi connectivity index (χ1v) is 4.90. The molecule has 0 saturated heterocycles. The number of hydrogen-bond donors (Lipinski definition) is 2. The van der Waals surface area contributed by atoms with Gasteiger partial charge in [-0.15, -0.1) is 11.3 Å². The number of carboxylic acid groups (broad SMARTS) is 1. The van der Waals surface area contributed by atoms with E-state index in [1.807, 2.05) is 13.0 Å². The van der Waals surface area contributed by atoms with Crippen LogP contribution in [0, 0.1) is 6.92 Å². The molecule has 3 N–H and O–H groups in total. The fraction of sp³-hybridized carbons (Fsp3) is 0.333. The highest BCUT2D eigenvalue weighted by molar-refractivity contribution is 7.14. The number of carbonyl (C=O) groups excluding carboxylic acids is 1. The van der Waals surface area contributed by atoms with E-state index in [2.05, 4.69) is 0 Å². The molecule has 0 fully saturated rings. The Morgan fingerprint density at radius 1 is 1.57 bits per heavy atom. The van der Waals surface area contributed by atoms with E-state index < -0.39 is 12.0 Å². The van der Waals surface area contributed by atoms with Crippen molar-refractivity contribution in [2.24, 2.45) is 5.73 Å². The Morgan fingerprint density at radius 2 is 2.21 bits per heavy atom. The number of thiophene rings is 1. The second-order valence-corrected chi connectivity index (χ2v) is 4.27. The predicted molar refractivity (Wildman–Crippen MR) is 53.6 cm³/mol. The molecule has 0 saturated carbocycles. The molecule has 1 heterocycles.